The van der Waals surface area contributed by atoms with E-state index < -0.39 is 5.91 Å². The number of benzene rings is 2. The normalized spacial score (nSPS) is 10.7. The van der Waals surface area contributed by atoms with Crippen molar-refractivity contribution in [3.8, 4) is 11.5 Å². The number of hydrazone groups is 1. The van der Waals surface area contributed by atoms with Gasteiger partial charge in [0.15, 0.2) is 0 Å². The van der Waals surface area contributed by atoms with Gasteiger partial charge in [0.1, 0.15) is 11.5 Å². The van der Waals surface area contributed by atoms with Gasteiger partial charge in [0.05, 0.1) is 6.21 Å². The third-order valence-corrected chi connectivity index (χ3v) is 2.96. The molecule has 0 radical (unpaired) electrons. The van der Waals surface area contributed by atoms with Crippen LogP contribution in [0.4, 0.5) is 0 Å². The highest BCUT2D eigenvalue weighted by Gasteiger charge is 2.04. The van der Waals surface area contributed by atoms with Crippen LogP contribution in [0.5, 0.6) is 11.5 Å². The van der Waals surface area contributed by atoms with Crippen molar-refractivity contribution in [2.24, 2.45) is 5.10 Å². The molecule has 102 valence electrons. The molecule has 6 heteroatoms. The maximum Gasteiger partial charge on any atom is 0.271 e. The second-order valence-electron chi connectivity index (χ2n) is 3.95. The van der Waals surface area contributed by atoms with Crippen LogP contribution in [0.2, 0.25) is 0 Å². The van der Waals surface area contributed by atoms with Crippen LogP contribution >= 0.6 is 15.9 Å². The molecule has 0 saturated carbocycles. The lowest BCUT2D eigenvalue weighted by atomic mass is 10.2. The van der Waals surface area contributed by atoms with Gasteiger partial charge in [-0.05, 0) is 36.4 Å². The summed E-state index contributed by atoms with van der Waals surface area (Å²) in [6.45, 7) is 0. The second kappa shape index (κ2) is 6.21. The Morgan fingerprint density at radius 2 is 2.00 bits per heavy atom. The molecule has 0 saturated heterocycles. The maximum atomic E-state index is 11.7. The molecular formula is C14H11BrN2O3. The van der Waals surface area contributed by atoms with E-state index in [4.69, 9.17) is 0 Å². The Morgan fingerprint density at radius 3 is 2.75 bits per heavy atom. The summed E-state index contributed by atoms with van der Waals surface area (Å²) in [6.07, 6.45) is 1.33. The van der Waals surface area contributed by atoms with Crippen molar-refractivity contribution in [1.29, 1.82) is 0 Å². The Morgan fingerprint density at radius 1 is 1.20 bits per heavy atom. The number of carbonyl (C=O) groups excluding carboxylic acids is 1. The van der Waals surface area contributed by atoms with Gasteiger partial charge in [-0.15, -0.1) is 0 Å². The van der Waals surface area contributed by atoms with E-state index in [2.05, 4.69) is 26.5 Å². The number of carbonyl (C=O) groups is 1. The minimum atomic E-state index is -0.452. The molecule has 0 aliphatic rings. The van der Waals surface area contributed by atoms with Gasteiger partial charge in [0.25, 0.3) is 5.91 Å². The topological polar surface area (TPSA) is 81.9 Å². The minimum absolute atomic E-state index is 0.00580. The summed E-state index contributed by atoms with van der Waals surface area (Å²) in [5.41, 5.74) is 3.07. The lowest BCUT2D eigenvalue weighted by molar-refractivity contribution is 0.0954. The van der Waals surface area contributed by atoms with Crippen LogP contribution in [0.15, 0.2) is 52.0 Å². The van der Waals surface area contributed by atoms with Crippen molar-refractivity contribution < 1.29 is 15.0 Å². The number of nitrogens with zero attached hydrogens (tertiary/aromatic N) is 1. The predicted octanol–water partition coefficient (Wildman–Crippen LogP) is 2.62. The number of halogens is 1. The molecule has 2 aromatic rings. The highest BCUT2D eigenvalue weighted by molar-refractivity contribution is 9.10. The van der Waals surface area contributed by atoms with Crippen molar-refractivity contribution in [2.45, 2.75) is 0 Å². The monoisotopic (exact) mass is 334 g/mol. The third-order valence-electron chi connectivity index (χ3n) is 2.47. The summed E-state index contributed by atoms with van der Waals surface area (Å²) >= 11 is 3.27. The fraction of sp³-hybridized carbons (Fsp3) is 0. The van der Waals surface area contributed by atoms with Crippen LogP contribution in [0.3, 0.4) is 0 Å². The zero-order valence-corrected chi connectivity index (χ0v) is 11.8. The van der Waals surface area contributed by atoms with Crippen molar-refractivity contribution in [2.75, 3.05) is 0 Å². The molecule has 20 heavy (non-hydrogen) atoms. The second-order valence-corrected chi connectivity index (χ2v) is 4.87. The van der Waals surface area contributed by atoms with Crippen LogP contribution in [-0.4, -0.2) is 22.3 Å². The predicted molar refractivity (Wildman–Crippen MR) is 79.0 cm³/mol. The Hall–Kier alpha value is -2.34. The zero-order valence-electron chi connectivity index (χ0n) is 10.2. The van der Waals surface area contributed by atoms with Gasteiger partial charge in [-0.3, -0.25) is 4.79 Å². The first-order valence-corrected chi connectivity index (χ1v) is 6.46. The summed E-state index contributed by atoms with van der Waals surface area (Å²) in [6, 6.07) is 10.8. The fourth-order valence-electron chi connectivity index (χ4n) is 1.50. The fourth-order valence-corrected chi connectivity index (χ4v) is 1.88. The smallest absolute Gasteiger partial charge is 0.271 e. The van der Waals surface area contributed by atoms with Gasteiger partial charge in [0.2, 0.25) is 0 Å². The Labute approximate surface area is 123 Å². The van der Waals surface area contributed by atoms with Crippen LogP contribution in [0, 0.1) is 0 Å². The first kappa shape index (κ1) is 14.1. The van der Waals surface area contributed by atoms with E-state index in [9.17, 15) is 15.0 Å². The molecule has 0 spiro atoms. The highest BCUT2D eigenvalue weighted by Crippen LogP contribution is 2.19. The lowest BCUT2D eigenvalue weighted by Gasteiger charge is -2.01. The van der Waals surface area contributed by atoms with Gasteiger partial charge >= 0.3 is 0 Å². The average molecular weight is 335 g/mol. The van der Waals surface area contributed by atoms with Crippen molar-refractivity contribution in [3.63, 3.8) is 0 Å². The molecule has 2 rings (SSSR count). The molecule has 1 amide bonds. The van der Waals surface area contributed by atoms with Crippen molar-refractivity contribution in [3.05, 3.63) is 58.1 Å². The molecule has 0 bridgehead atoms. The van der Waals surface area contributed by atoms with Crippen LogP contribution in [-0.2, 0) is 0 Å². The molecule has 5 nitrogen and oxygen atoms in total. The first-order valence-electron chi connectivity index (χ1n) is 5.67. The number of hydrogen-bond donors (Lipinski definition) is 3. The average Bonchev–Trinajstić information content (AvgIpc) is 2.42. The number of hydrogen-bond acceptors (Lipinski definition) is 4. The summed E-state index contributed by atoms with van der Waals surface area (Å²) in [5.74, 6) is -0.388. The minimum Gasteiger partial charge on any atom is -0.508 e. The van der Waals surface area contributed by atoms with E-state index in [1.54, 1.807) is 24.3 Å². The third kappa shape index (κ3) is 3.58. The standard InChI is InChI=1S/C14H11BrN2O3/c15-11-4-5-13(19)10(6-11)8-16-17-14(20)9-2-1-3-12(18)7-9/h1-8,18-19H,(H,17,20). The Kier molecular flexibility index (Phi) is 4.37. The molecule has 0 aromatic heterocycles. The van der Waals surface area contributed by atoms with Crippen LogP contribution in [0.1, 0.15) is 15.9 Å². The van der Waals surface area contributed by atoms with E-state index in [0.717, 1.165) is 4.47 Å². The van der Waals surface area contributed by atoms with E-state index in [1.807, 2.05) is 0 Å². The number of phenolic OH excluding ortho intramolecular Hbond substituents is 2. The molecule has 3 N–H and O–H groups in total. The molecule has 0 aliphatic carbocycles. The molecule has 0 aliphatic heterocycles. The van der Waals surface area contributed by atoms with Gasteiger partial charge in [-0.1, -0.05) is 22.0 Å². The molecule has 0 fully saturated rings. The molecule has 0 atom stereocenters. The number of amides is 1. The SMILES string of the molecule is O=C(NN=Cc1cc(Br)ccc1O)c1cccc(O)c1. The lowest BCUT2D eigenvalue weighted by Crippen LogP contribution is -2.17. The largest absolute Gasteiger partial charge is 0.508 e. The summed E-state index contributed by atoms with van der Waals surface area (Å²) in [5, 5.41) is 22.6. The van der Waals surface area contributed by atoms with Crippen molar-refractivity contribution in [1.82, 2.24) is 5.43 Å². The van der Waals surface area contributed by atoms with Gasteiger partial charge in [0, 0.05) is 15.6 Å². The number of aromatic hydroxyl groups is 2. The number of rotatable bonds is 3. The van der Waals surface area contributed by atoms with E-state index in [-0.39, 0.29) is 11.5 Å². The molecular weight excluding hydrogens is 324 g/mol. The Bertz CT molecular complexity index is 671. The van der Waals surface area contributed by atoms with Crippen LogP contribution in [0.25, 0.3) is 0 Å². The quantitative estimate of drug-likeness (QED) is 0.596. The summed E-state index contributed by atoms with van der Waals surface area (Å²) in [4.78, 5) is 11.7. The van der Waals surface area contributed by atoms with Crippen LogP contribution < -0.4 is 5.43 Å². The summed E-state index contributed by atoms with van der Waals surface area (Å²) in [7, 11) is 0. The van der Waals surface area contributed by atoms with Gasteiger partial charge < -0.3 is 10.2 Å². The van der Waals surface area contributed by atoms with E-state index in [0.29, 0.717) is 11.1 Å². The van der Waals surface area contributed by atoms with Gasteiger partial charge in [-0.25, -0.2) is 5.43 Å². The number of phenols is 2. The van der Waals surface area contributed by atoms with E-state index in [1.165, 1.54) is 24.4 Å². The molecule has 0 heterocycles. The first-order chi connectivity index (χ1) is 9.56. The van der Waals surface area contributed by atoms with Gasteiger partial charge in [-0.2, -0.15) is 5.10 Å². The summed E-state index contributed by atoms with van der Waals surface area (Å²) < 4.78 is 0.788. The highest BCUT2D eigenvalue weighted by atomic mass is 79.9. The zero-order chi connectivity index (χ0) is 14.5. The maximum absolute atomic E-state index is 11.7. The van der Waals surface area contributed by atoms with E-state index >= 15 is 0 Å². The van der Waals surface area contributed by atoms with Crippen molar-refractivity contribution >= 4 is 28.1 Å². The Balaban J connectivity index is 2.06. The number of nitrogens with one attached hydrogen (secondary N) is 1. The molecule has 2 aromatic carbocycles. The molecule has 0 unspecified atom stereocenters.